The normalized spacial score (nSPS) is 11.6. The zero-order valence-electron chi connectivity index (χ0n) is 19.6. The first-order chi connectivity index (χ1) is 16.3. The van der Waals surface area contributed by atoms with Crippen molar-refractivity contribution in [2.45, 2.75) is 44.8 Å². The van der Waals surface area contributed by atoms with Gasteiger partial charge in [-0.25, -0.2) is 4.79 Å². The van der Waals surface area contributed by atoms with Gasteiger partial charge in [0.15, 0.2) is 0 Å². The number of rotatable bonds is 9. The van der Waals surface area contributed by atoms with E-state index in [0.29, 0.717) is 36.2 Å². The molecule has 0 aliphatic heterocycles. The van der Waals surface area contributed by atoms with Crippen molar-refractivity contribution in [2.75, 3.05) is 5.75 Å². The van der Waals surface area contributed by atoms with Crippen molar-refractivity contribution in [1.29, 1.82) is 0 Å². The Balaban J connectivity index is 1.89. The lowest BCUT2D eigenvalue weighted by Crippen LogP contribution is -2.38. The van der Waals surface area contributed by atoms with Gasteiger partial charge in [-0.1, -0.05) is 56.3 Å². The molecule has 178 valence electrons. The highest BCUT2D eigenvalue weighted by Gasteiger charge is 2.20. The van der Waals surface area contributed by atoms with Crippen LogP contribution in [0, 0.1) is 5.92 Å². The first-order valence-corrected chi connectivity index (χ1v) is 12.4. The summed E-state index contributed by atoms with van der Waals surface area (Å²) >= 11 is 1.45. The number of carboxylic acid groups (broad SMARTS) is 1. The minimum atomic E-state index is -1.08. The Hall–Kier alpha value is -3.26. The number of carbonyl (C=O) groups is 1. The molecule has 4 aromatic rings. The summed E-state index contributed by atoms with van der Waals surface area (Å²) < 4.78 is 4.86. The largest absolute Gasteiger partial charge is 0.550 e. The molecule has 0 N–H and O–H groups in total. The minimum absolute atomic E-state index is 0.0367. The van der Waals surface area contributed by atoms with Gasteiger partial charge in [0.2, 0.25) is 0 Å². The Labute approximate surface area is 201 Å². The molecule has 2 aromatic heterocycles. The lowest BCUT2D eigenvalue weighted by Gasteiger charge is -2.12. The van der Waals surface area contributed by atoms with Crippen LogP contribution in [-0.2, 0) is 24.9 Å². The number of hydrogen-bond acceptors (Lipinski definition) is 5. The van der Waals surface area contributed by atoms with E-state index < -0.39 is 5.97 Å². The Bertz CT molecular complexity index is 1470. The Morgan fingerprint density at radius 2 is 1.82 bits per heavy atom. The zero-order valence-corrected chi connectivity index (χ0v) is 20.4. The third kappa shape index (κ3) is 4.68. The van der Waals surface area contributed by atoms with Crippen LogP contribution in [0.1, 0.15) is 32.3 Å². The summed E-state index contributed by atoms with van der Waals surface area (Å²) in [6, 6.07) is 14.3. The van der Waals surface area contributed by atoms with E-state index in [1.165, 1.54) is 18.8 Å². The summed E-state index contributed by atoms with van der Waals surface area (Å²) in [6.07, 6.45) is 2.29. The summed E-state index contributed by atoms with van der Waals surface area (Å²) in [7, 11) is 1.51. The smallest absolute Gasteiger partial charge is 0.331 e. The molecule has 0 spiro atoms. The average molecular weight is 479 g/mol. The molecule has 0 amide bonds. The highest BCUT2D eigenvalue weighted by molar-refractivity contribution is 7.99. The van der Waals surface area contributed by atoms with Crippen molar-refractivity contribution in [3.63, 3.8) is 0 Å². The summed E-state index contributed by atoms with van der Waals surface area (Å²) in [6.45, 7) is 5.09. The number of carboxylic acids is 1. The van der Waals surface area contributed by atoms with Crippen molar-refractivity contribution in [3.8, 4) is 0 Å². The number of nitrogens with zero attached hydrogens (tertiary/aromatic N) is 3. The molecule has 2 aromatic carbocycles. The van der Waals surface area contributed by atoms with Crippen molar-refractivity contribution in [2.24, 2.45) is 13.0 Å². The molecule has 0 unspecified atom stereocenters. The van der Waals surface area contributed by atoms with Crippen molar-refractivity contribution in [1.82, 2.24) is 13.7 Å². The molecule has 0 aliphatic rings. The zero-order chi connectivity index (χ0) is 24.4. The molecule has 7 nitrogen and oxygen atoms in total. The number of aromatic nitrogens is 3. The number of thioether (sulfide) groups is 1. The fourth-order valence-electron chi connectivity index (χ4n) is 4.28. The summed E-state index contributed by atoms with van der Waals surface area (Å²) in [5.74, 6) is -0.341. The molecule has 0 saturated carbocycles. The highest BCUT2D eigenvalue weighted by atomic mass is 32.2. The van der Waals surface area contributed by atoms with Crippen LogP contribution in [0.15, 0.2) is 63.3 Å². The van der Waals surface area contributed by atoms with E-state index >= 15 is 0 Å². The monoisotopic (exact) mass is 478 g/mol. The standard InChI is InChI=1S/C26H29N3O4S/c1-17(2)14-29-21-16-28(15-19-10-6-9-18-8-4-5-11-20(18)19)25(34-13-7-12-22(30)31)23(21)24(32)27(3)26(29)33/h4-6,8-11,16-17H,7,12-15H2,1-3H3,(H,30,31)/p-1. The number of hydrogen-bond donors (Lipinski definition) is 0. The maximum atomic E-state index is 13.2. The Kier molecular flexibility index (Phi) is 6.97. The van der Waals surface area contributed by atoms with Gasteiger partial charge in [0, 0.05) is 32.3 Å². The molecule has 0 atom stereocenters. The lowest BCUT2D eigenvalue weighted by atomic mass is 10.0. The second kappa shape index (κ2) is 9.93. The predicted octanol–water partition coefficient (Wildman–Crippen LogP) is 2.98. The maximum absolute atomic E-state index is 13.2. The van der Waals surface area contributed by atoms with Crippen LogP contribution in [0.5, 0.6) is 0 Å². The van der Waals surface area contributed by atoms with Crippen molar-refractivity contribution >= 4 is 39.4 Å². The molecular formula is C26H28N3O4S-. The summed E-state index contributed by atoms with van der Waals surface area (Å²) in [4.78, 5) is 37.1. The van der Waals surface area contributed by atoms with Crippen LogP contribution < -0.4 is 16.4 Å². The Morgan fingerprint density at radius 3 is 2.56 bits per heavy atom. The summed E-state index contributed by atoms with van der Waals surface area (Å²) in [5.41, 5.74) is 1.05. The fraction of sp³-hybridized carbons (Fsp3) is 0.346. The predicted molar refractivity (Wildman–Crippen MR) is 134 cm³/mol. The summed E-state index contributed by atoms with van der Waals surface area (Å²) in [5, 5.41) is 14.4. The number of aliphatic carboxylic acids is 1. The maximum Gasteiger partial charge on any atom is 0.331 e. The fourth-order valence-corrected chi connectivity index (χ4v) is 5.38. The first kappa shape index (κ1) is 23.9. The molecule has 4 rings (SSSR count). The van der Waals surface area contributed by atoms with Gasteiger partial charge in [0.1, 0.15) is 0 Å². The van der Waals surface area contributed by atoms with Gasteiger partial charge in [-0.15, -0.1) is 11.8 Å². The molecule has 0 bridgehead atoms. The number of carbonyl (C=O) groups excluding carboxylic acids is 1. The second-order valence-electron chi connectivity index (χ2n) is 8.94. The van der Waals surface area contributed by atoms with Gasteiger partial charge < -0.3 is 14.5 Å². The van der Waals surface area contributed by atoms with E-state index in [1.54, 1.807) is 4.57 Å². The van der Waals surface area contributed by atoms with Crippen LogP contribution in [0.2, 0.25) is 0 Å². The van der Waals surface area contributed by atoms with Gasteiger partial charge in [-0.05, 0) is 40.8 Å². The molecule has 34 heavy (non-hydrogen) atoms. The van der Waals surface area contributed by atoms with E-state index in [2.05, 4.69) is 24.3 Å². The van der Waals surface area contributed by atoms with Crippen LogP contribution in [0.3, 0.4) is 0 Å². The molecule has 2 heterocycles. The van der Waals surface area contributed by atoms with E-state index in [9.17, 15) is 19.5 Å². The Morgan fingerprint density at radius 1 is 1.09 bits per heavy atom. The molecule has 0 saturated heterocycles. The lowest BCUT2D eigenvalue weighted by molar-refractivity contribution is -0.305. The van der Waals surface area contributed by atoms with E-state index in [1.807, 2.05) is 42.8 Å². The second-order valence-corrected chi connectivity index (χ2v) is 10.0. The van der Waals surface area contributed by atoms with Crippen LogP contribution >= 0.6 is 11.8 Å². The third-order valence-corrected chi connectivity index (χ3v) is 7.07. The molecule has 0 aliphatic carbocycles. The van der Waals surface area contributed by atoms with Crippen LogP contribution in [0.25, 0.3) is 21.7 Å². The van der Waals surface area contributed by atoms with Crippen LogP contribution in [0.4, 0.5) is 0 Å². The molecule has 8 heteroatoms. The van der Waals surface area contributed by atoms with Gasteiger partial charge in [-0.3, -0.25) is 13.9 Å². The quantitative estimate of drug-likeness (QED) is 0.273. The van der Waals surface area contributed by atoms with Crippen molar-refractivity contribution in [3.05, 3.63) is 75.1 Å². The van der Waals surface area contributed by atoms with Gasteiger partial charge in [-0.2, -0.15) is 0 Å². The van der Waals surface area contributed by atoms with E-state index in [-0.39, 0.29) is 23.6 Å². The van der Waals surface area contributed by atoms with Crippen molar-refractivity contribution < 1.29 is 9.90 Å². The van der Waals surface area contributed by atoms with Gasteiger partial charge >= 0.3 is 5.69 Å². The number of fused-ring (bicyclic) bond motifs is 2. The molecule has 0 radical (unpaired) electrons. The molecule has 0 fully saturated rings. The average Bonchev–Trinajstić information content (AvgIpc) is 3.16. The SMILES string of the molecule is CC(C)Cn1c(=O)n(C)c(=O)c2c(SCCCC(=O)[O-])n(Cc3cccc4ccccc34)cc21. The minimum Gasteiger partial charge on any atom is -0.550 e. The number of benzene rings is 2. The van der Waals surface area contributed by atoms with Crippen LogP contribution in [-0.4, -0.2) is 25.4 Å². The van der Waals surface area contributed by atoms with E-state index in [4.69, 9.17) is 0 Å². The van der Waals surface area contributed by atoms with Gasteiger partial charge in [0.25, 0.3) is 5.56 Å². The van der Waals surface area contributed by atoms with Gasteiger partial charge in [0.05, 0.1) is 15.9 Å². The highest BCUT2D eigenvalue weighted by Crippen LogP contribution is 2.30. The first-order valence-electron chi connectivity index (χ1n) is 11.4. The van der Waals surface area contributed by atoms with E-state index in [0.717, 1.165) is 25.9 Å². The topological polar surface area (TPSA) is 89.1 Å². The molecular weight excluding hydrogens is 450 g/mol. The third-order valence-electron chi connectivity index (χ3n) is 5.87.